The van der Waals surface area contributed by atoms with Crippen LogP contribution in [-0.4, -0.2) is 42.7 Å². The van der Waals surface area contributed by atoms with Crippen molar-refractivity contribution in [2.24, 2.45) is 0 Å². The highest BCUT2D eigenvalue weighted by Crippen LogP contribution is 2.40. The quantitative estimate of drug-likeness (QED) is 0.276. The fourth-order valence-corrected chi connectivity index (χ4v) is 2.65. The fraction of sp³-hybridized carbons (Fsp3) is 0.375. The van der Waals surface area contributed by atoms with Crippen molar-refractivity contribution >= 4 is 29.6 Å². The number of hydrogen-bond donors (Lipinski definition) is 0. The van der Waals surface area contributed by atoms with Gasteiger partial charge in [0.2, 0.25) is 12.9 Å². The first-order chi connectivity index (χ1) is 13.5. The van der Waals surface area contributed by atoms with Gasteiger partial charge in [-0.1, -0.05) is 11.6 Å². The maximum absolute atomic E-state index is 13.4. The van der Waals surface area contributed by atoms with Gasteiger partial charge in [-0.15, -0.1) is 10.1 Å². The van der Waals surface area contributed by atoms with Gasteiger partial charge in [0.05, 0.1) is 12.0 Å². The average molecular weight is 440 g/mol. The number of esters is 2. The van der Waals surface area contributed by atoms with Gasteiger partial charge in [0, 0.05) is 10.6 Å². The standard InChI is InChI=1S/C16H13ClF3NO8/c1-8-4-10(17)5-9-6-11(14(16(18,19)20)29-13(8)9)15(23)27-7-26-12(22)2-3-28-21(24)25/h4-6,14H,2-3,7H2,1H3/t14-/m0/s1. The zero-order valence-corrected chi connectivity index (χ0v) is 15.4. The third-order valence-corrected chi connectivity index (χ3v) is 3.76. The second-order valence-corrected chi connectivity index (χ2v) is 6.09. The number of aryl methyl sites for hydroxylation is 1. The van der Waals surface area contributed by atoms with E-state index in [2.05, 4.69) is 14.3 Å². The van der Waals surface area contributed by atoms with E-state index in [0.29, 0.717) is 5.56 Å². The predicted molar refractivity (Wildman–Crippen MR) is 89.3 cm³/mol. The number of benzene rings is 1. The van der Waals surface area contributed by atoms with Crippen LogP contribution >= 0.6 is 11.6 Å². The van der Waals surface area contributed by atoms with Crippen molar-refractivity contribution in [3.63, 3.8) is 0 Å². The molecule has 0 saturated carbocycles. The number of carbonyl (C=O) groups excluding carboxylic acids is 2. The molecule has 0 radical (unpaired) electrons. The number of ether oxygens (including phenoxy) is 3. The molecule has 0 N–H and O–H groups in total. The van der Waals surface area contributed by atoms with E-state index in [1.54, 1.807) is 0 Å². The first-order valence-electron chi connectivity index (χ1n) is 7.84. The van der Waals surface area contributed by atoms with Gasteiger partial charge in [-0.3, -0.25) is 4.79 Å². The van der Waals surface area contributed by atoms with Crippen LogP contribution in [0.1, 0.15) is 17.5 Å². The summed E-state index contributed by atoms with van der Waals surface area (Å²) in [4.78, 5) is 37.2. The van der Waals surface area contributed by atoms with E-state index in [9.17, 15) is 32.9 Å². The first-order valence-corrected chi connectivity index (χ1v) is 8.22. The number of hydrogen-bond acceptors (Lipinski definition) is 8. The lowest BCUT2D eigenvalue weighted by molar-refractivity contribution is -0.757. The lowest BCUT2D eigenvalue weighted by atomic mass is 9.99. The zero-order valence-electron chi connectivity index (χ0n) is 14.7. The van der Waals surface area contributed by atoms with Crippen LogP contribution in [0, 0.1) is 17.0 Å². The number of nitrogens with zero attached hydrogens (tertiary/aromatic N) is 1. The van der Waals surface area contributed by atoms with Crippen LogP contribution in [0.2, 0.25) is 5.02 Å². The molecule has 1 aliphatic heterocycles. The Kier molecular flexibility index (Phi) is 6.90. The molecule has 0 aromatic heterocycles. The van der Waals surface area contributed by atoms with Gasteiger partial charge in [-0.2, -0.15) is 13.2 Å². The van der Waals surface area contributed by atoms with E-state index in [4.69, 9.17) is 16.3 Å². The Morgan fingerprint density at radius 2 is 2.00 bits per heavy atom. The third kappa shape index (κ3) is 5.98. The van der Waals surface area contributed by atoms with Crippen molar-refractivity contribution in [1.82, 2.24) is 0 Å². The second-order valence-electron chi connectivity index (χ2n) is 5.65. The molecule has 0 aliphatic carbocycles. The van der Waals surface area contributed by atoms with Crippen LogP contribution in [0.15, 0.2) is 17.7 Å². The van der Waals surface area contributed by atoms with Crippen molar-refractivity contribution in [1.29, 1.82) is 0 Å². The molecule has 1 aromatic carbocycles. The SMILES string of the molecule is Cc1cc(Cl)cc2c1O[C@H](C(F)(F)F)C(C(=O)OCOC(=O)CCO[N+](=O)[O-])=C2. The Labute approximate surface area is 166 Å². The smallest absolute Gasteiger partial charge is 0.430 e. The maximum Gasteiger partial charge on any atom is 0.430 e. The molecule has 1 atom stereocenters. The van der Waals surface area contributed by atoms with Crippen molar-refractivity contribution in [3.8, 4) is 5.75 Å². The highest BCUT2D eigenvalue weighted by Gasteiger charge is 2.49. The Morgan fingerprint density at radius 1 is 1.31 bits per heavy atom. The Hall–Kier alpha value is -3.02. The number of alkyl halides is 3. The molecular formula is C16H13ClF3NO8. The van der Waals surface area contributed by atoms with Gasteiger partial charge in [0.25, 0.3) is 5.09 Å². The minimum Gasteiger partial charge on any atom is -0.475 e. The Morgan fingerprint density at radius 3 is 2.62 bits per heavy atom. The van der Waals surface area contributed by atoms with Crippen molar-refractivity contribution in [3.05, 3.63) is 44.0 Å². The summed E-state index contributed by atoms with van der Waals surface area (Å²) in [6, 6.07) is 2.73. The van der Waals surface area contributed by atoms with Gasteiger partial charge >= 0.3 is 18.1 Å². The molecule has 0 bridgehead atoms. The highest BCUT2D eigenvalue weighted by molar-refractivity contribution is 6.30. The van der Waals surface area contributed by atoms with Crippen LogP contribution < -0.4 is 4.74 Å². The number of fused-ring (bicyclic) bond motifs is 1. The number of halogens is 4. The van der Waals surface area contributed by atoms with Crippen LogP contribution in [-0.2, 0) is 23.9 Å². The molecule has 29 heavy (non-hydrogen) atoms. The summed E-state index contributed by atoms with van der Waals surface area (Å²) in [5, 5.41) is 9.05. The molecule has 0 amide bonds. The summed E-state index contributed by atoms with van der Waals surface area (Å²) in [7, 11) is 0. The molecule has 1 heterocycles. The third-order valence-electron chi connectivity index (χ3n) is 3.54. The van der Waals surface area contributed by atoms with E-state index < -0.39 is 54.7 Å². The first kappa shape index (κ1) is 22.3. The van der Waals surface area contributed by atoms with Crippen molar-refractivity contribution < 1.29 is 46.9 Å². The van der Waals surface area contributed by atoms with Crippen LogP contribution in [0.3, 0.4) is 0 Å². The van der Waals surface area contributed by atoms with Gasteiger partial charge in [0.1, 0.15) is 12.4 Å². The normalized spacial score (nSPS) is 15.5. The fourth-order valence-electron chi connectivity index (χ4n) is 2.37. The lowest BCUT2D eigenvalue weighted by Crippen LogP contribution is -2.41. The molecule has 9 nitrogen and oxygen atoms in total. The van der Waals surface area contributed by atoms with Crippen molar-refractivity contribution in [2.75, 3.05) is 13.4 Å². The minimum absolute atomic E-state index is 0.0782. The predicted octanol–water partition coefficient (Wildman–Crippen LogP) is 3.00. The molecular weight excluding hydrogens is 427 g/mol. The van der Waals surface area contributed by atoms with Crippen molar-refractivity contribution in [2.45, 2.75) is 25.6 Å². The number of carbonyl (C=O) groups is 2. The molecule has 0 spiro atoms. The van der Waals surface area contributed by atoms with Gasteiger partial charge in [0.15, 0.2) is 0 Å². The average Bonchev–Trinajstić information content (AvgIpc) is 2.59. The van der Waals surface area contributed by atoms with Gasteiger partial charge < -0.3 is 19.0 Å². The van der Waals surface area contributed by atoms with Crippen LogP contribution in [0.5, 0.6) is 5.75 Å². The van der Waals surface area contributed by atoms with E-state index >= 15 is 0 Å². The summed E-state index contributed by atoms with van der Waals surface area (Å²) in [5.41, 5.74) is -0.368. The molecule has 1 aromatic rings. The van der Waals surface area contributed by atoms with E-state index in [1.165, 1.54) is 19.1 Å². The summed E-state index contributed by atoms with van der Waals surface area (Å²) in [5.74, 6) is -2.52. The van der Waals surface area contributed by atoms with Crippen LogP contribution in [0.25, 0.3) is 6.08 Å². The Balaban J connectivity index is 2.08. The van der Waals surface area contributed by atoms with Gasteiger partial charge in [-0.25, -0.2) is 4.79 Å². The highest BCUT2D eigenvalue weighted by atomic mass is 35.5. The largest absolute Gasteiger partial charge is 0.475 e. The zero-order chi connectivity index (χ0) is 21.8. The summed E-state index contributed by atoms with van der Waals surface area (Å²) < 4.78 is 54.1. The summed E-state index contributed by atoms with van der Waals surface area (Å²) in [6.07, 6.45) is -7.11. The topological polar surface area (TPSA) is 114 Å². The molecule has 1 aliphatic rings. The molecule has 0 unspecified atom stereocenters. The van der Waals surface area contributed by atoms with Gasteiger partial charge in [-0.05, 0) is 30.7 Å². The lowest BCUT2D eigenvalue weighted by Gasteiger charge is -2.28. The second kappa shape index (κ2) is 8.99. The molecule has 2 rings (SSSR count). The Bertz CT molecular complexity index is 855. The molecule has 13 heteroatoms. The monoisotopic (exact) mass is 439 g/mol. The summed E-state index contributed by atoms with van der Waals surface area (Å²) >= 11 is 5.88. The molecule has 0 fully saturated rings. The van der Waals surface area contributed by atoms with E-state index in [1.807, 2.05) is 0 Å². The molecule has 0 saturated heterocycles. The maximum atomic E-state index is 13.4. The minimum atomic E-state index is -4.93. The van der Waals surface area contributed by atoms with E-state index in [-0.39, 0.29) is 16.3 Å². The van der Waals surface area contributed by atoms with E-state index in [0.717, 1.165) is 6.08 Å². The molecule has 158 valence electrons. The van der Waals surface area contributed by atoms with Crippen LogP contribution in [0.4, 0.5) is 13.2 Å². The number of rotatable bonds is 7. The summed E-state index contributed by atoms with van der Waals surface area (Å²) in [6.45, 7) is -0.0946.